The topological polar surface area (TPSA) is 35.2 Å². The number of nitrogens with two attached hydrogens (primary N) is 1. The summed E-state index contributed by atoms with van der Waals surface area (Å²) < 4.78 is 29.5. The molecule has 0 heterocycles. The van der Waals surface area contributed by atoms with E-state index >= 15 is 0 Å². The Labute approximate surface area is 110 Å². The highest BCUT2D eigenvalue weighted by Gasteiger charge is 2.37. The van der Waals surface area contributed by atoms with E-state index in [-0.39, 0.29) is 11.2 Å². The molecule has 0 spiro atoms. The van der Waals surface area contributed by atoms with Crippen molar-refractivity contribution in [3.8, 4) is 5.75 Å². The molecule has 0 amide bonds. The summed E-state index contributed by atoms with van der Waals surface area (Å²) in [4.78, 5) is 0. The second-order valence-corrected chi connectivity index (χ2v) is 5.15. The van der Waals surface area contributed by atoms with Crippen molar-refractivity contribution in [1.82, 2.24) is 0 Å². The predicted molar refractivity (Wildman–Crippen MR) is 67.3 cm³/mol. The lowest BCUT2D eigenvalue weighted by atomic mass is 9.78. The number of hydrogen-bond donors (Lipinski definition) is 1. The summed E-state index contributed by atoms with van der Waals surface area (Å²) >= 11 is 5.97. The van der Waals surface area contributed by atoms with E-state index < -0.39 is 6.61 Å². The van der Waals surface area contributed by atoms with Crippen molar-refractivity contribution >= 4 is 11.6 Å². The van der Waals surface area contributed by atoms with Crippen LogP contribution in [0.25, 0.3) is 0 Å². The van der Waals surface area contributed by atoms with Gasteiger partial charge in [-0.1, -0.05) is 24.4 Å². The highest BCUT2D eigenvalue weighted by atomic mass is 35.5. The van der Waals surface area contributed by atoms with Crippen LogP contribution in [0.1, 0.15) is 31.2 Å². The Bertz CT molecular complexity index is 419. The van der Waals surface area contributed by atoms with Gasteiger partial charge in [0.1, 0.15) is 5.75 Å². The van der Waals surface area contributed by atoms with Crippen LogP contribution in [0.4, 0.5) is 8.78 Å². The van der Waals surface area contributed by atoms with E-state index in [2.05, 4.69) is 4.74 Å². The minimum Gasteiger partial charge on any atom is -0.435 e. The highest BCUT2D eigenvalue weighted by molar-refractivity contribution is 6.30. The van der Waals surface area contributed by atoms with E-state index in [0.717, 1.165) is 31.2 Å². The van der Waals surface area contributed by atoms with Crippen molar-refractivity contribution in [2.24, 2.45) is 5.73 Å². The Morgan fingerprint density at radius 2 is 2.00 bits per heavy atom. The van der Waals surface area contributed by atoms with Crippen molar-refractivity contribution in [2.75, 3.05) is 6.54 Å². The van der Waals surface area contributed by atoms with Gasteiger partial charge in [-0.3, -0.25) is 0 Å². The Kier molecular flexibility index (Phi) is 4.07. The van der Waals surface area contributed by atoms with Crippen molar-refractivity contribution in [3.63, 3.8) is 0 Å². The van der Waals surface area contributed by atoms with E-state index in [4.69, 9.17) is 17.3 Å². The molecule has 5 heteroatoms. The first-order chi connectivity index (χ1) is 8.57. The van der Waals surface area contributed by atoms with Gasteiger partial charge < -0.3 is 10.5 Å². The van der Waals surface area contributed by atoms with Crippen LogP contribution in [0.15, 0.2) is 18.2 Å². The zero-order valence-corrected chi connectivity index (χ0v) is 10.7. The van der Waals surface area contributed by atoms with E-state index in [1.807, 2.05) is 0 Å². The molecule has 1 aromatic carbocycles. The standard InChI is InChI=1S/C13H16ClF2NO/c14-9-3-4-11(18-12(15)16)10(7-9)13(8-17)5-1-2-6-13/h3-4,7,12H,1-2,5-6,8,17H2. The van der Waals surface area contributed by atoms with E-state index in [1.165, 1.54) is 6.07 Å². The minimum atomic E-state index is -2.83. The summed E-state index contributed by atoms with van der Waals surface area (Å²) in [6.45, 7) is -2.41. The fraction of sp³-hybridized carbons (Fsp3) is 0.538. The molecule has 18 heavy (non-hydrogen) atoms. The summed E-state index contributed by atoms with van der Waals surface area (Å²) in [7, 11) is 0. The van der Waals surface area contributed by atoms with Crippen LogP contribution in [0.3, 0.4) is 0 Å². The van der Waals surface area contributed by atoms with Crippen molar-refractivity contribution in [3.05, 3.63) is 28.8 Å². The van der Waals surface area contributed by atoms with Crippen LogP contribution >= 0.6 is 11.6 Å². The maximum absolute atomic E-state index is 12.4. The average molecular weight is 276 g/mol. The van der Waals surface area contributed by atoms with Crippen molar-refractivity contribution in [2.45, 2.75) is 37.7 Å². The summed E-state index contributed by atoms with van der Waals surface area (Å²) in [6, 6.07) is 4.76. The third-order valence-corrected chi connectivity index (χ3v) is 3.92. The molecule has 0 radical (unpaired) electrons. The van der Waals surface area contributed by atoms with Crippen LogP contribution in [0.2, 0.25) is 5.02 Å². The molecule has 1 saturated carbocycles. The summed E-state index contributed by atoms with van der Waals surface area (Å²) in [5, 5.41) is 0.520. The molecular weight excluding hydrogens is 260 g/mol. The van der Waals surface area contributed by atoms with Crippen molar-refractivity contribution in [1.29, 1.82) is 0 Å². The van der Waals surface area contributed by atoms with Crippen molar-refractivity contribution < 1.29 is 13.5 Å². The molecular formula is C13H16ClF2NO. The van der Waals surface area contributed by atoms with Crippen LogP contribution in [-0.2, 0) is 5.41 Å². The van der Waals surface area contributed by atoms with Crippen LogP contribution < -0.4 is 10.5 Å². The molecule has 1 fully saturated rings. The first kappa shape index (κ1) is 13.6. The van der Waals surface area contributed by atoms with Gasteiger partial charge in [-0.25, -0.2) is 0 Å². The first-order valence-electron chi connectivity index (χ1n) is 6.02. The van der Waals surface area contributed by atoms with Gasteiger partial charge in [0.15, 0.2) is 0 Å². The minimum absolute atomic E-state index is 0.196. The molecule has 0 aromatic heterocycles. The van der Waals surface area contributed by atoms with Gasteiger partial charge in [0.2, 0.25) is 0 Å². The van der Waals surface area contributed by atoms with E-state index in [9.17, 15) is 8.78 Å². The molecule has 2 rings (SSSR count). The maximum Gasteiger partial charge on any atom is 0.387 e. The molecule has 2 nitrogen and oxygen atoms in total. The monoisotopic (exact) mass is 275 g/mol. The van der Waals surface area contributed by atoms with Crippen LogP contribution in [0, 0.1) is 0 Å². The third kappa shape index (κ3) is 2.59. The molecule has 0 bridgehead atoms. The Morgan fingerprint density at radius 1 is 1.33 bits per heavy atom. The third-order valence-electron chi connectivity index (χ3n) is 3.68. The maximum atomic E-state index is 12.4. The molecule has 2 N–H and O–H groups in total. The number of alkyl halides is 2. The largest absolute Gasteiger partial charge is 0.435 e. The van der Waals surface area contributed by atoms with Crippen LogP contribution in [0.5, 0.6) is 5.75 Å². The first-order valence-corrected chi connectivity index (χ1v) is 6.40. The fourth-order valence-electron chi connectivity index (χ4n) is 2.75. The number of halogens is 3. The van der Waals surface area contributed by atoms with Gasteiger partial charge in [0, 0.05) is 22.5 Å². The zero-order chi connectivity index (χ0) is 13.2. The van der Waals surface area contributed by atoms with Gasteiger partial charge in [-0.05, 0) is 31.0 Å². The molecule has 0 aliphatic heterocycles. The molecule has 0 atom stereocenters. The van der Waals surface area contributed by atoms with Gasteiger partial charge in [0.05, 0.1) is 0 Å². The second-order valence-electron chi connectivity index (χ2n) is 4.71. The molecule has 0 unspecified atom stereocenters. The number of benzene rings is 1. The number of hydrogen-bond acceptors (Lipinski definition) is 2. The highest BCUT2D eigenvalue weighted by Crippen LogP contribution is 2.45. The van der Waals surface area contributed by atoms with Gasteiger partial charge in [-0.2, -0.15) is 8.78 Å². The lowest BCUT2D eigenvalue weighted by molar-refractivity contribution is -0.0510. The molecule has 1 aliphatic carbocycles. The molecule has 0 saturated heterocycles. The molecule has 100 valence electrons. The number of rotatable bonds is 4. The Hall–Kier alpha value is -0.870. The normalized spacial score (nSPS) is 18.3. The lowest BCUT2D eigenvalue weighted by Crippen LogP contribution is -2.32. The van der Waals surface area contributed by atoms with Crippen LogP contribution in [-0.4, -0.2) is 13.2 Å². The average Bonchev–Trinajstić information content (AvgIpc) is 2.80. The second kappa shape index (κ2) is 5.41. The van der Waals surface area contributed by atoms with E-state index in [0.29, 0.717) is 11.6 Å². The lowest BCUT2D eigenvalue weighted by Gasteiger charge is -2.29. The quantitative estimate of drug-likeness (QED) is 0.909. The van der Waals surface area contributed by atoms with E-state index in [1.54, 1.807) is 12.1 Å². The number of ether oxygens (including phenoxy) is 1. The molecule has 1 aliphatic rings. The summed E-state index contributed by atoms with van der Waals surface area (Å²) in [5.41, 5.74) is 6.31. The van der Waals surface area contributed by atoms with Gasteiger partial charge in [-0.15, -0.1) is 0 Å². The Morgan fingerprint density at radius 3 is 2.56 bits per heavy atom. The fourth-order valence-corrected chi connectivity index (χ4v) is 2.92. The predicted octanol–water partition coefficient (Wildman–Crippen LogP) is 3.71. The van der Waals surface area contributed by atoms with Gasteiger partial charge >= 0.3 is 6.61 Å². The molecule has 1 aromatic rings. The SMILES string of the molecule is NCC1(c2cc(Cl)ccc2OC(F)F)CCCC1. The Balaban J connectivity index is 2.43. The smallest absolute Gasteiger partial charge is 0.387 e. The summed E-state index contributed by atoms with van der Waals surface area (Å²) in [5.74, 6) is 0.196. The summed E-state index contributed by atoms with van der Waals surface area (Å²) in [6.07, 6.45) is 3.89. The zero-order valence-electron chi connectivity index (χ0n) is 9.96. The van der Waals surface area contributed by atoms with Gasteiger partial charge in [0.25, 0.3) is 0 Å².